The fourth-order valence-electron chi connectivity index (χ4n) is 7.72. The molecule has 3 aliphatic rings. The van der Waals surface area contributed by atoms with Gasteiger partial charge in [-0.25, -0.2) is 14.0 Å². The molecule has 60 heavy (non-hydrogen) atoms. The van der Waals surface area contributed by atoms with Gasteiger partial charge in [-0.15, -0.1) is 0 Å². The minimum Gasteiger partial charge on any atom is -0.508 e. The first-order valence-corrected chi connectivity index (χ1v) is 18.9. The molecular formula is C42H42FNO16. The predicted molar refractivity (Wildman–Crippen MR) is 202 cm³/mol. The highest BCUT2D eigenvalue weighted by molar-refractivity contribution is 6.03. The Balaban J connectivity index is 1.14. The summed E-state index contributed by atoms with van der Waals surface area (Å²) in [7, 11) is 0. The number of hydrogen-bond acceptors (Lipinski definition) is 14. The van der Waals surface area contributed by atoms with Crippen LogP contribution in [0.2, 0.25) is 0 Å². The van der Waals surface area contributed by atoms with Crippen molar-refractivity contribution in [1.82, 2.24) is 0 Å². The average molecular weight is 836 g/mol. The Morgan fingerprint density at radius 2 is 1.30 bits per heavy atom. The first-order chi connectivity index (χ1) is 28.6. The molecule has 3 saturated heterocycles. The number of aromatic hydroxyl groups is 1. The first-order valence-electron chi connectivity index (χ1n) is 18.9. The van der Waals surface area contributed by atoms with Gasteiger partial charge in [0.2, 0.25) is 12.2 Å². The van der Waals surface area contributed by atoms with Crippen molar-refractivity contribution in [2.45, 2.75) is 86.4 Å². The van der Waals surface area contributed by atoms with E-state index in [1.165, 1.54) is 35.2 Å². The fourth-order valence-corrected chi connectivity index (χ4v) is 7.72. The number of carboxylic acid groups (broad SMARTS) is 2. The fraction of sp³-hybridized carbons (Fsp3) is 0.357. The Morgan fingerprint density at radius 1 is 0.700 bits per heavy atom. The van der Waals surface area contributed by atoms with Crippen molar-refractivity contribution < 1.29 is 83.7 Å². The first kappa shape index (κ1) is 42.6. The second-order valence-corrected chi connectivity index (χ2v) is 14.7. The number of benzene rings is 4. The SMILES string of the molecule is O=C(O)C1O[C@@H](Oc2cccc(-c3ccc([C@@H]4[C@@H](CC[C@H](O[C@@H]5OC(C(=O)O)[C@H](O)[C@H](O)C5O)c5ccc(F)cc5)C(=O)N4c4ccccc4)c(O)c3)c2)C(O)[C@@H](O)[C@H]1O. The smallest absolute Gasteiger partial charge is 0.335 e. The molecule has 3 fully saturated rings. The Bertz CT molecular complexity index is 2180. The van der Waals surface area contributed by atoms with Crippen LogP contribution in [0.4, 0.5) is 10.1 Å². The normalized spacial score (nSPS) is 30.9. The molecular weight excluding hydrogens is 793 g/mol. The van der Waals surface area contributed by atoms with Crippen LogP contribution in [0.3, 0.4) is 0 Å². The van der Waals surface area contributed by atoms with Gasteiger partial charge in [0.25, 0.3) is 0 Å². The predicted octanol–water partition coefficient (Wildman–Crippen LogP) is 1.60. The molecule has 4 aromatic carbocycles. The number of amides is 1. The van der Waals surface area contributed by atoms with Crippen molar-refractivity contribution in [2.75, 3.05) is 4.90 Å². The van der Waals surface area contributed by atoms with Gasteiger partial charge in [-0.2, -0.15) is 0 Å². The molecule has 13 atom stereocenters. The number of β-lactam (4-membered cyclic amide) rings is 1. The molecule has 17 nitrogen and oxygen atoms in total. The third-order valence-electron chi connectivity index (χ3n) is 10.9. The summed E-state index contributed by atoms with van der Waals surface area (Å²) in [6.07, 6.45) is -19.4. The highest BCUT2D eigenvalue weighted by atomic mass is 19.1. The lowest BCUT2D eigenvalue weighted by molar-refractivity contribution is -0.306. The number of aliphatic hydroxyl groups is 6. The molecule has 1 amide bonds. The maximum atomic E-state index is 14.0. The molecule has 318 valence electrons. The molecule has 0 spiro atoms. The summed E-state index contributed by atoms with van der Waals surface area (Å²) in [5, 5.41) is 92.4. The number of ether oxygens (including phenoxy) is 4. The molecule has 4 aromatic rings. The van der Waals surface area contributed by atoms with Crippen LogP contribution in [-0.4, -0.2) is 125 Å². The zero-order chi connectivity index (χ0) is 43.0. The molecule has 0 aliphatic carbocycles. The molecule has 3 aliphatic heterocycles. The lowest BCUT2D eigenvalue weighted by Crippen LogP contribution is -2.61. The van der Waals surface area contributed by atoms with Crippen LogP contribution in [0.15, 0.2) is 97.1 Å². The summed E-state index contributed by atoms with van der Waals surface area (Å²) in [4.78, 5) is 38.8. The van der Waals surface area contributed by atoms with E-state index in [0.717, 1.165) is 12.1 Å². The largest absolute Gasteiger partial charge is 0.508 e. The van der Waals surface area contributed by atoms with Gasteiger partial charge in [-0.05, 0) is 72.0 Å². The summed E-state index contributed by atoms with van der Waals surface area (Å²) in [6, 6.07) is 24.2. The monoisotopic (exact) mass is 835 g/mol. The summed E-state index contributed by atoms with van der Waals surface area (Å²) < 4.78 is 36.3. The molecule has 9 N–H and O–H groups in total. The number of nitrogens with zero attached hydrogens (tertiary/aromatic N) is 1. The van der Waals surface area contributed by atoms with E-state index >= 15 is 0 Å². The van der Waals surface area contributed by atoms with Gasteiger partial charge in [-0.1, -0.05) is 54.6 Å². The zero-order valence-corrected chi connectivity index (χ0v) is 31.4. The number of aliphatic hydroxyl groups excluding tert-OH is 6. The third kappa shape index (κ3) is 8.42. The summed E-state index contributed by atoms with van der Waals surface area (Å²) >= 11 is 0. The number of rotatable bonds is 13. The van der Waals surface area contributed by atoms with Gasteiger partial charge in [0.1, 0.15) is 53.9 Å². The van der Waals surface area contributed by atoms with Crippen molar-refractivity contribution in [3.63, 3.8) is 0 Å². The Morgan fingerprint density at radius 3 is 1.92 bits per heavy atom. The van der Waals surface area contributed by atoms with Crippen LogP contribution >= 0.6 is 0 Å². The summed E-state index contributed by atoms with van der Waals surface area (Å²) in [5.74, 6) is -4.90. The van der Waals surface area contributed by atoms with Crippen molar-refractivity contribution in [3.05, 3.63) is 114 Å². The molecule has 4 unspecified atom stereocenters. The maximum Gasteiger partial charge on any atom is 0.335 e. The van der Waals surface area contributed by atoms with E-state index in [0.29, 0.717) is 27.9 Å². The highest BCUT2D eigenvalue weighted by Crippen LogP contribution is 2.49. The van der Waals surface area contributed by atoms with Gasteiger partial charge >= 0.3 is 11.9 Å². The number of anilines is 1. The number of aliphatic carboxylic acids is 2. The maximum absolute atomic E-state index is 14.0. The van der Waals surface area contributed by atoms with Crippen molar-refractivity contribution in [2.24, 2.45) is 5.92 Å². The molecule has 0 radical (unpaired) electrons. The minimum atomic E-state index is -1.96. The number of phenolic OH excluding ortho intramolecular Hbond substituents is 1. The van der Waals surface area contributed by atoms with E-state index in [1.54, 1.807) is 54.6 Å². The van der Waals surface area contributed by atoms with Gasteiger partial charge in [0, 0.05) is 11.3 Å². The summed E-state index contributed by atoms with van der Waals surface area (Å²) in [5.41, 5.74) is 2.29. The second-order valence-electron chi connectivity index (χ2n) is 14.7. The lowest BCUT2D eigenvalue weighted by Gasteiger charge is -2.48. The molecule has 3 heterocycles. The quantitative estimate of drug-likeness (QED) is 0.0866. The number of halogens is 1. The number of carbonyl (C=O) groups excluding carboxylic acids is 1. The topological polar surface area (TPSA) is 273 Å². The van der Waals surface area contributed by atoms with Gasteiger partial charge < -0.3 is 69.8 Å². The van der Waals surface area contributed by atoms with Gasteiger partial charge in [0.05, 0.1) is 18.1 Å². The molecule has 0 bridgehead atoms. The van der Waals surface area contributed by atoms with Crippen LogP contribution in [0, 0.1) is 11.7 Å². The Labute approximate surface area is 340 Å². The van der Waals surface area contributed by atoms with E-state index in [1.807, 2.05) is 0 Å². The van der Waals surface area contributed by atoms with E-state index < -0.39 is 97.2 Å². The van der Waals surface area contributed by atoms with Crippen LogP contribution < -0.4 is 9.64 Å². The van der Waals surface area contributed by atoms with Crippen LogP contribution in [0.25, 0.3) is 11.1 Å². The van der Waals surface area contributed by atoms with Crippen molar-refractivity contribution in [3.8, 4) is 22.6 Å². The average Bonchev–Trinajstić information content (AvgIpc) is 3.23. The number of hydrogen-bond donors (Lipinski definition) is 9. The molecule has 0 saturated carbocycles. The number of para-hydroxylation sites is 1. The van der Waals surface area contributed by atoms with Gasteiger partial charge in [0.15, 0.2) is 18.5 Å². The van der Waals surface area contributed by atoms with E-state index in [9.17, 15) is 64.7 Å². The third-order valence-corrected chi connectivity index (χ3v) is 10.9. The standard InChI is InChI=1S/C42H42FNO16/c43-22-12-9-19(10-13-22)28(58-42-35(51)31(47)33(49)37(60-42)40(55)56)16-15-26-29(44(38(26)52)23-6-2-1-3-7-23)25-14-11-21(18-27(25)45)20-5-4-8-24(17-20)57-41-34(50)30(46)32(48)36(59-41)39(53)54/h1-14,17-18,26,28-37,41-42,45-51H,15-16H2,(H,53,54)(H,55,56)/t26-,28+,29-,30+,31+,32-,33-,34?,35?,36?,37?,41-,42-/m1/s1. The Hall–Kier alpha value is -5.54. The molecule has 18 heteroatoms. The van der Waals surface area contributed by atoms with Crippen molar-refractivity contribution in [1.29, 1.82) is 0 Å². The summed E-state index contributed by atoms with van der Waals surface area (Å²) in [6.45, 7) is 0. The van der Waals surface area contributed by atoms with Crippen LogP contribution in [-0.2, 0) is 28.6 Å². The number of carboxylic acids is 2. The van der Waals surface area contributed by atoms with Crippen LogP contribution in [0.5, 0.6) is 11.5 Å². The van der Waals surface area contributed by atoms with E-state index in [2.05, 4.69) is 0 Å². The van der Waals surface area contributed by atoms with E-state index in [4.69, 9.17) is 18.9 Å². The Kier molecular flexibility index (Phi) is 12.5. The molecule has 7 rings (SSSR count). The lowest BCUT2D eigenvalue weighted by atomic mass is 9.77. The van der Waals surface area contributed by atoms with Gasteiger partial charge in [-0.3, -0.25) is 4.79 Å². The second kappa shape index (κ2) is 17.6. The van der Waals surface area contributed by atoms with E-state index in [-0.39, 0.29) is 30.2 Å². The zero-order valence-electron chi connectivity index (χ0n) is 31.4. The number of carbonyl (C=O) groups is 3. The molecule has 0 aromatic heterocycles. The number of phenols is 1. The van der Waals surface area contributed by atoms with Crippen molar-refractivity contribution >= 4 is 23.5 Å². The minimum absolute atomic E-state index is 0.0262. The highest BCUT2D eigenvalue weighted by Gasteiger charge is 2.51. The van der Waals surface area contributed by atoms with Crippen LogP contribution in [0.1, 0.15) is 36.1 Å².